The van der Waals surface area contributed by atoms with Crippen molar-refractivity contribution in [1.82, 2.24) is 0 Å². The molecule has 51 heavy (non-hydrogen) atoms. The molecule has 0 aromatic heterocycles. The van der Waals surface area contributed by atoms with E-state index in [9.17, 15) is 37.5 Å². The summed E-state index contributed by atoms with van der Waals surface area (Å²) in [4.78, 5) is 52.5. The maximum atomic E-state index is 15.3. The van der Waals surface area contributed by atoms with Crippen LogP contribution in [0.15, 0.2) is 72.3 Å². The molecular formula is C36H20Cl2F5IN2O5. The summed E-state index contributed by atoms with van der Waals surface area (Å²) in [6.45, 7) is 0. The van der Waals surface area contributed by atoms with Crippen molar-refractivity contribution in [3.8, 4) is 5.75 Å². The Kier molecular flexibility index (Phi) is 7.65. The van der Waals surface area contributed by atoms with Crippen LogP contribution in [0.1, 0.15) is 24.3 Å². The van der Waals surface area contributed by atoms with Crippen LogP contribution in [0.5, 0.6) is 5.75 Å². The van der Waals surface area contributed by atoms with Crippen molar-refractivity contribution in [1.29, 1.82) is 0 Å². The zero-order valence-electron chi connectivity index (χ0n) is 25.6. The predicted molar refractivity (Wildman–Crippen MR) is 184 cm³/mol. The number of hydrogen-bond donors (Lipinski definition) is 1. The number of anilines is 2. The smallest absolute Gasteiger partial charge is 0.258 e. The maximum absolute atomic E-state index is 15.3. The Morgan fingerprint density at radius 3 is 2.04 bits per heavy atom. The SMILES string of the molecule is O=C1C2CC=C3C(CC4(Cl)C(=O)N(c5c(F)c(F)c(F)c(F)c5F)C(=O)C4(Cl)C3c3c(O)ccc4ccccc34)C2C(=O)N1c1ccc(I)cc1. The number of halogens is 8. The monoisotopic (exact) mass is 852 g/mol. The molecule has 15 heteroatoms. The highest BCUT2D eigenvalue weighted by Gasteiger charge is 2.77. The number of nitrogens with zero attached hydrogens (tertiary/aromatic N) is 2. The van der Waals surface area contributed by atoms with E-state index in [4.69, 9.17) is 23.2 Å². The molecule has 2 aliphatic heterocycles. The standard InChI is InChI=1S/C36H20Cl2F5IN2O5/c37-35-13-20-18(10-11-19-22(20)32(49)45(31(19)48)16-8-6-15(44)7-9-16)24(23-17-4-2-1-3-14(17)5-12-21(23)47)36(35,38)34(51)46(33(35)50)30-28(42)26(40)25(39)27(41)29(30)43/h1-10,12,19-20,22,24,47H,11,13H2. The fourth-order valence-corrected chi connectivity index (χ4v) is 9.59. The van der Waals surface area contributed by atoms with Gasteiger partial charge in [-0.05, 0) is 82.5 Å². The third-order valence-corrected chi connectivity index (χ3v) is 12.7. The number of aromatic hydroxyl groups is 1. The molecule has 4 aromatic rings. The average Bonchev–Trinajstić information content (AvgIpc) is 3.45. The van der Waals surface area contributed by atoms with Crippen LogP contribution >= 0.6 is 45.8 Å². The maximum Gasteiger partial charge on any atom is 0.258 e. The molecule has 3 fully saturated rings. The van der Waals surface area contributed by atoms with Crippen molar-refractivity contribution in [3.05, 3.63) is 111 Å². The van der Waals surface area contributed by atoms with Crippen LogP contribution in [0.4, 0.5) is 33.3 Å². The van der Waals surface area contributed by atoms with Crippen LogP contribution in [-0.4, -0.2) is 38.5 Å². The number of carbonyl (C=O) groups excluding carboxylic acids is 4. The fraction of sp³-hybridized carbons (Fsp3) is 0.222. The lowest BCUT2D eigenvalue weighted by atomic mass is 9.56. The van der Waals surface area contributed by atoms with Crippen molar-refractivity contribution < 1.29 is 46.2 Å². The molecule has 0 spiro atoms. The van der Waals surface area contributed by atoms with Gasteiger partial charge in [0.05, 0.1) is 17.5 Å². The Balaban J connectivity index is 1.37. The van der Waals surface area contributed by atoms with E-state index in [-0.39, 0.29) is 28.1 Å². The quantitative estimate of drug-likeness (QED) is 0.0436. The molecule has 8 rings (SSSR count). The minimum absolute atomic E-state index is 0.0320. The van der Waals surface area contributed by atoms with Gasteiger partial charge in [-0.1, -0.05) is 42.0 Å². The largest absolute Gasteiger partial charge is 0.508 e. The third-order valence-electron chi connectivity index (χ3n) is 10.5. The zero-order valence-corrected chi connectivity index (χ0v) is 29.2. The second-order valence-corrected chi connectivity index (χ2v) is 15.4. The number of imide groups is 2. The summed E-state index contributed by atoms with van der Waals surface area (Å²) in [6.07, 6.45) is 0.901. The van der Waals surface area contributed by atoms with Crippen molar-refractivity contribution in [2.24, 2.45) is 17.8 Å². The third kappa shape index (κ3) is 4.34. The molecule has 2 aliphatic carbocycles. The minimum atomic E-state index is -2.76. The lowest BCUT2D eigenvalue weighted by Gasteiger charge is -2.51. The molecule has 4 aromatic carbocycles. The van der Waals surface area contributed by atoms with Gasteiger partial charge in [0.15, 0.2) is 33.0 Å². The molecule has 0 bridgehead atoms. The molecule has 7 nitrogen and oxygen atoms in total. The van der Waals surface area contributed by atoms with Crippen molar-refractivity contribution >= 4 is 91.6 Å². The van der Waals surface area contributed by atoms with E-state index < -0.39 is 104 Å². The number of hydrogen-bond acceptors (Lipinski definition) is 5. The average molecular weight is 853 g/mol. The van der Waals surface area contributed by atoms with E-state index in [0.29, 0.717) is 10.8 Å². The number of amides is 4. The van der Waals surface area contributed by atoms with Gasteiger partial charge in [-0.15, -0.1) is 23.2 Å². The first-order valence-corrected chi connectivity index (χ1v) is 17.3. The van der Waals surface area contributed by atoms with E-state index in [1.807, 2.05) is 0 Å². The van der Waals surface area contributed by atoms with E-state index in [1.54, 1.807) is 60.7 Å². The Labute approximate surface area is 308 Å². The van der Waals surface area contributed by atoms with E-state index in [0.717, 1.165) is 8.47 Å². The highest BCUT2D eigenvalue weighted by Crippen LogP contribution is 2.67. The first kappa shape index (κ1) is 34.0. The van der Waals surface area contributed by atoms with Crippen LogP contribution in [0, 0.1) is 50.4 Å². The molecule has 1 N–H and O–H groups in total. The van der Waals surface area contributed by atoms with E-state index in [1.165, 1.54) is 6.07 Å². The molecule has 2 saturated heterocycles. The van der Waals surface area contributed by atoms with Gasteiger partial charge < -0.3 is 5.11 Å². The highest BCUT2D eigenvalue weighted by atomic mass is 127. The van der Waals surface area contributed by atoms with Crippen molar-refractivity contribution in [3.63, 3.8) is 0 Å². The molecule has 6 atom stereocenters. The van der Waals surface area contributed by atoms with Crippen LogP contribution in [0.3, 0.4) is 0 Å². The molecule has 4 amide bonds. The molecule has 260 valence electrons. The van der Waals surface area contributed by atoms with Gasteiger partial charge in [-0.3, -0.25) is 24.1 Å². The van der Waals surface area contributed by atoms with Crippen LogP contribution in [-0.2, 0) is 19.2 Å². The van der Waals surface area contributed by atoms with Gasteiger partial charge in [-0.25, -0.2) is 26.9 Å². The number of alkyl halides is 2. The lowest BCUT2D eigenvalue weighted by Crippen LogP contribution is -2.60. The van der Waals surface area contributed by atoms with Crippen LogP contribution in [0.25, 0.3) is 10.8 Å². The summed E-state index contributed by atoms with van der Waals surface area (Å²) in [5.41, 5.74) is -1.38. The number of fused-ring (bicyclic) bond motifs is 5. The zero-order chi connectivity index (χ0) is 36.5. The molecule has 4 aliphatic rings. The number of phenols is 1. The van der Waals surface area contributed by atoms with E-state index in [2.05, 4.69) is 22.6 Å². The Hall–Kier alpha value is -4.08. The van der Waals surface area contributed by atoms with Crippen LogP contribution < -0.4 is 9.80 Å². The van der Waals surface area contributed by atoms with Gasteiger partial charge in [0, 0.05) is 15.1 Å². The second kappa shape index (κ2) is 11.5. The summed E-state index contributed by atoms with van der Waals surface area (Å²) in [5, 5.41) is 12.3. The summed E-state index contributed by atoms with van der Waals surface area (Å²) in [6, 6.07) is 16.0. The number of phenolic OH excluding ortho intramolecular Hbond substituents is 1. The Morgan fingerprint density at radius 1 is 0.745 bits per heavy atom. The normalized spacial score (nSPS) is 28.7. The highest BCUT2D eigenvalue weighted by molar-refractivity contribution is 14.1. The molecule has 6 unspecified atom stereocenters. The number of benzene rings is 4. The van der Waals surface area contributed by atoms with Crippen molar-refractivity contribution in [2.45, 2.75) is 28.5 Å². The van der Waals surface area contributed by atoms with Gasteiger partial charge in [0.2, 0.25) is 17.6 Å². The first-order chi connectivity index (χ1) is 24.1. The van der Waals surface area contributed by atoms with Crippen molar-refractivity contribution in [2.75, 3.05) is 9.80 Å². The minimum Gasteiger partial charge on any atom is -0.508 e. The summed E-state index contributed by atoms with van der Waals surface area (Å²) < 4.78 is 74.6. The van der Waals surface area contributed by atoms with Gasteiger partial charge in [-0.2, -0.15) is 0 Å². The number of allylic oxidation sites excluding steroid dienone is 2. The summed E-state index contributed by atoms with van der Waals surface area (Å²) in [5.74, 6) is -22.0. The molecule has 2 heterocycles. The molecular weight excluding hydrogens is 833 g/mol. The number of rotatable bonds is 3. The number of carbonyl (C=O) groups is 4. The second-order valence-electron chi connectivity index (χ2n) is 12.9. The Morgan fingerprint density at radius 2 is 1.37 bits per heavy atom. The lowest BCUT2D eigenvalue weighted by molar-refractivity contribution is -0.125. The summed E-state index contributed by atoms with van der Waals surface area (Å²) in [7, 11) is 0. The topological polar surface area (TPSA) is 95.0 Å². The van der Waals surface area contributed by atoms with E-state index >= 15 is 8.78 Å². The molecule has 0 radical (unpaired) electrons. The van der Waals surface area contributed by atoms with Gasteiger partial charge in [0.1, 0.15) is 11.4 Å². The van der Waals surface area contributed by atoms with Crippen LogP contribution in [0.2, 0.25) is 0 Å². The first-order valence-electron chi connectivity index (χ1n) is 15.5. The van der Waals surface area contributed by atoms with Gasteiger partial charge in [0.25, 0.3) is 11.8 Å². The predicted octanol–water partition coefficient (Wildman–Crippen LogP) is 7.61. The summed E-state index contributed by atoms with van der Waals surface area (Å²) >= 11 is 16.5. The fourth-order valence-electron chi connectivity index (χ4n) is 8.32. The van der Waals surface area contributed by atoms with Gasteiger partial charge >= 0.3 is 0 Å². The molecule has 1 saturated carbocycles. The Bertz CT molecular complexity index is 2300.